The van der Waals surface area contributed by atoms with Gasteiger partial charge in [0.1, 0.15) is 12.4 Å². The first kappa shape index (κ1) is 26.0. The summed E-state index contributed by atoms with van der Waals surface area (Å²) in [5.74, 6) is 0.316. The average Bonchev–Trinajstić information content (AvgIpc) is 2.79. The van der Waals surface area contributed by atoms with E-state index in [1.54, 1.807) is 6.92 Å². The number of urea groups is 1. The summed E-state index contributed by atoms with van der Waals surface area (Å²) in [6.07, 6.45) is 6.55. The van der Waals surface area contributed by atoms with E-state index in [-0.39, 0.29) is 12.1 Å². The minimum Gasteiger partial charge on any atom is -0.492 e. The molecule has 180 valence electrons. The number of nitrogens with zero attached hydrogens (tertiary/aromatic N) is 1. The molecular weight excluding hydrogens is 408 g/mol. The van der Waals surface area contributed by atoms with E-state index < -0.39 is 12.1 Å². The molecule has 2 atom stereocenters. The number of carbonyl (C=O) groups is 2. The quantitative estimate of drug-likeness (QED) is 0.464. The maximum atomic E-state index is 12.8. The number of rotatable bonds is 13. The van der Waals surface area contributed by atoms with E-state index in [1.165, 1.54) is 32.1 Å². The molecule has 0 heterocycles. The number of carbonyl (C=O) groups excluding carboxylic acids is 1. The Morgan fingerprint density at radius 3 is 2.44 bits per heavy atom. The highest BCUT2D eigenvalue weighted by Gasteiger charge is 2.22. The largest absolute Gasteiger partial charge is 0.492 e. The number of amides is 2. The lowest BCUT2D eigenvalue weighted by Gasteiger charge is -2.30. The van der Waals surface area contributed by atoms with Crippen molar-refractivity contribution in [3.8, 4) is 5.75 Å². The normalized spacial score (nSPS) is 16.2. The maximum absolute atomic E-state index is 12.8. The predicted molar refractivity (Wildman–Crippen MR) is 125 cm³/mol. The topological polar surface area (TPSA) is 88.1 Å². The van der Waals surface area contributed by atoms with Crippen LogP contribution in [0.2, 0.25) is 0 Å². The van der Waals surface area contributed by atoms with Crippen molar-refractivity contribution in [3.05, 3.63) is 29.8 Å². The number of hydrogen-bond acceptors (Lipinski definition) is 4. The van der Waals surface area contributed by atoms with Crippen LogP contribution in [0.1, 0.15) is 64.9 Å². The summed E-state index contributed by atoms with van der Waals surface area (Å²) < 4.78 is 11.2. The van der Waals surface area contributed by atoms with Crippen LogP contribution in [0.5, 0.6) is 5.75 Å². The Labute approximate surface area is 192 Å². The van der Waals surface area contributed by atoms with E-state index >= 15 is 0 Å². The van der Waals surface area contributed by atoms with E-state index in [1.807, 2.05) is 36.1 Å². The predicted octanol–water partition coefficient (Wildman–Crippen LogP) is 4.49. The molecule has 2 rings (SSSR count). The molecule has 0 aromatic heterocycles. The van der Waals surface area contributed by atoms with Crippen LogP contribution in [-0.2, 0) is 16.0 Å². The third kappa shape index (κ3) is 9.07. The van der Waals surface area contributed by atoms with Crippen molar-refractivity contribution in [1.29, 1.82) is 0 Å². The van der Waals surface area contributed by atoms with Gasteiger partial charge in [-0.1, -0.05) is 38.3 Å². The first-order chi connectivity index (χ1) is 15.4. The molecular formula is C25H40N2O5. The number of ether oxygens (including phenoxy) is 2. The summed E-state index contributed by atoms with van der Waals surface area (Å²) in [4.78, 5) is 25.9. The number of hydrogen-bond donors (Lipinski definition) is 2. The number of benzene rings is 1. The van der Waals surface area contributed by atoms with Crippen LogP contribution < -0.4 is 10.1 Å². The molecule has 1 saturated carbocycles. The zero-order chi connectivity index (χ0) is 23.3. The van der Waals surface area contributed by atoms with E-state index in [9.17, 15) is 14.7 Å². The van der Waals surface area contributed by atoms with Gasteiger partial charge in [-0.3, -0.25) is 0 Å². The Hall–Kier alpha value is -2.28. The second-order valence-corrected chi connectivity index (χ2v) is 8.69. The zero-order valence-electron chi connectivity index (χ0n) is 19.8. The fourth-order valence-electron chi connectivity index (χ4n) is 3.99. The molecule has 2 amide bonds. The average molecular weight is 449 g/mol. The summed E-state index contributed by atoms with van der Waals surface area (Å²) in [7, 11) is 0. The van der Waals surface area contributed by atoms with Crippen LogP contribution in [-0.4, -0.2) is 60.5 Å². The molecule has 0 aliphatic heterocycles. The summed E-state index contributed by atoms with van der Waals surface area (Å²) in [6, 6.07) is 7.53. The monoisotopic (exact) mass is 448 g/mol. The van der Waals surface area contributed by atoms with Gasteiger partial charge >= 0.3 is 12.0 Å². The third-order valence-electron chi connectivity index (χ3n) is 6.09. The van der Waals surface area contributed by atoms with Gasteiger partial charge in [0.05, 0.1) is 6.54 Å². The van der Waals surface area contributed by atoms with E-state index in [0.29, 0.717) is 37.8 Å². The molecule has 32 heavy (non-hydrogen) atoms. The molecule has 1 aromatic rings. The smallest absolute Gasteiger partial charge is 0.333 e. The lowest BCUT2D eigenvalue weighted by atomic mass is 9.89. The van der Waals surface area contributed by atoms with Gasteiger partial charge in [0.15, 0.2) is 6.10 Å². The molecule has 7 nitrogen and oxygen atoms in total. The summed E-state index contributed by atoms with van der Waals surface area (Å²) in [6.45, 7) is 7.96. The van der Waals surface area contributed by atoms with Gasteiger partial charge in [0.25, 0.3) is 0 Å². The fraction of sp³-hybridized carbons (Fsp3) is 0.680. The van der Waals surface area contributed by atoms with Gasteiger partial charge < -0.3 is 24.8 Å². The SMILES string of the molecule is CCOC(Cc1ccc(OCCN(CC2CCCCC2)C(=O)NC(C)CC)cc1)C(=O)O. The molecule has 0 spiro atoms. The van der Waals surface area contributed by atoms with Crippen molar-refractivity contribution >= 4 is 12.0 Å². The number of nitrogens with one attached hydrogen (secondary N) is 1. The molecule has 0 bridgehead atoms. The number of carboxylic acids is 1. The second-order valence-electron chi connectivity index (χ2n) is 8.69. The van der Waals surface area contributed by atoms with Gasteiger partial charge in [-0.2, -0.15) is 0 Å². The lowest BCUT2D eigenvalue weighted by molar-refractivity contribution is -0.149. The standard InChI is InChI=1S/C25H40N2O5/c1-4-19(3)26-25(30)27(18-21-9-7-6-8-10-21)15-16-32-22-13-11-20(12-14-22)17-23(24(28)29)31-5-2/h11-14,19,21,23H,4-10,15-18H2,1-3H3,(H,26,30)(H,28,29). The van der Waals surface area contributed by atoms with Crippen LogP contribution in [0.4, 0.5) is 4.79 Å². The minimum atomic E-state index is -0.957. The lowest BCUT2D eigenvalue weighted by Crippen LogP contribution is -2.47. The summed E-state index contributed by atoms with van der Waals surface area (Å²) in [5.41, 5.74) is 0.880. The first-order valence-electron chi connectivity index (χ1n) is 12.0. The van der Waals surface area contributed by atoms with Crippen LogP contribution in [0, 0.1) is 5.92 Å². The summed E-state index contributed by atoms with van der Waals surface area (Å²) in [5, 5.41) is 12.3. The first-order valence-corrected chi connectivity index (χ1v) is 12.0. The fourth-order valence-corrected chi connectivity index (χ4v) is 3.99. The van der Waals surface area contributed by atoms with Crippen LogP contribution >= 0.6 is 0 Å². The van der Waals surface area contributed by atoms with Gasteiger partial charge in [-0.15, -0.1) is 0 Å². The highest BCUT2D eigenvalue weighted by molar-refractivity contribution is 5.74. The van der Waals surface area contributed by atoms with E-state index in [2.05, 4.69) is 12.2 Å². The van der Waals surface area contributed by atoms with Crippen molar-refractivity contribution < 1.29 is 24.2 Å². The van der Waals surface area contributed by atoms with Gasteiger partial charge in [-0.25, -0.2) is 9.59 Å². The van der Waals surface area contributed by atoms with Crippen molar-refractivity contribution in [2.75, 3.05) is 26.3 Å². The molecule has 1 aromatic carbocycles. The number of carboxylic acid groups (broad SMARTS) is 1. The van der Waals surface area contributed by atoms with Crippen LogP contribution in [0.25, 0.3) is 0 Å². The van der Waals surface area contributed by atoms with E-state index in [4.69, 9.17) is 9.47 Å². The minimum absolute atomic E-state index is 0.0143. The third-order valence-corrected chi connectivity index (χ3v) is 6.09. The highest BCUT2D eigenvalue weighted by Crippen LogP contribution is 2.24. The van der Waals surface area contributed by atoms with Crippen molar-refractivity contribution in [3.63, 3.8) is 0 Å². The molecule has 2 N–H and O–H groups in total. The van der Waals surface area contributed by atoms with E-state index in [0.717, 1.165) is 18.5 Å². The van der Waals surface area contributed by atoms with Crippen molar-refractivity contribution in [1.82, 2.24) is 10.2 Å². The van der Waals surface area contributed by atoms with Crippen LogP contribution in [0.15, 0.2) is 24.3 Å². The Morgan fingerprint density at radius 1 is 1.16 bits per heavy atom. The molecule has 2 unspecified atom stereocenters. The Balaban J connectivity index is 1.88. The second kappa shape index (κ2) is 14.0. The van der Waals surface area contributed by atoms with Gasteiger partial charge in [-0.05, 0) is 56.7 Å². The van der Waals surface area contributed by atoms with Crippen molar-refractivity contribution in [2.24, 2.45) is 5.92 Å². The Bertz CT molecular complexity index is 688. The highest BCUT2D eigenvalue weighted by atomic mass is 16.5. The molecule has 1 aliphatic carbocycles. The number of aliphatic carboxylic acids is 1. The van der Waals surface area contributed by atoms with Crippen molar-refractivity contribution in [2.45, 2.75) is 77.9 Å². The zero-order valence-corrected chi connectivity index (χ0v) is 19.8. The molecule has 1 fully saturated rings. The summed E-state index contributed by atoms with van der Waals surface area (Å²) >= 11 is 0. The van der Waals surface area contributed by atoms with Gasteiger partial charge in [0.2, 0.25) is 0 Å². The molecule has 7 heteroatoms. The Morgan fingerprint density at radius 2 is 1.84 bits per heavy atom. The maximum Gasteiger partial charge on any atom is 0.333 e. The van der Waals surface area contributed by atoms with Gasteiger partial charge in [0, 0.05) is 25.6 Å². The molecule has 0 saturated heterocycles. The van der Waals surface area contributed by atoms with Crippen LogP contribution in [0.3, 0.4) is 0 Å². The Kier molecular flexibility index (Phi) is 11.4. The molecule has 1 aliphatic rings. The molecule has 0 radical (unpaired) electrons.